The highest BCUT2D eigenvalue weighted by Gasteiger charge is 2.24. The molecule has 0 spiro atoms. The van der Waals surface area contributed by atoms with E-state index in [1.54, 1.807) is 0 Å². The van der Waals surface area contributed by atoms with Gasteiger partial charge in [-0.1, -0.05) is 19.8 Å². The molecule has 1 aromatic heterocycles. The van der Waals surface area contributed by atoms with Crippen LogP contribution in [-0.2, 0) is 0 Å². The van der Waals surface area contributed by atoms with E-state index in [9.17, 15) is 4.79 Å². The van der Waals surface area contributed by atoms with Gasteiger partial charge in [0.05, 0.1) is 0 Å². The van der Waals surface area contributed by atoms with Crippen LogP contribution in [0.15, 0.2) is 17.1 Å². The van der Waals surface area contributed by atoms with Gasteiger partial charge in [-0.15, -0.1) is 0 Å². The number of piperidine rings is 1. The average Bonchev–Trinajstić information content (AvgIpc) is 2.83. The third-order valence-electron chi connectivity index (χ3n) is 3.25. The minimum atomic E-state index is 0.00342. The van der Waals surface area contributed by atoms with Crippen LogP contribution in [0.5, 0.6) is 0 Å². The molecule has 1 amide bonds. The van der Waals surface area contributed by atoms with Crippen LogP contribution in [0.1, 0.15) is 43.1 Å². The molecular formula is C12H18N2O2. The molecule has 1 aromatic rings. The Morgan fingerprint density at radius 2 is 2.31 bits per heavy atom. The van der Waals surface area contributed by atoms with Crippen LogP contribution in [0.3, 0.4) is 0 Å². The van der Waals surface area contributed by atoms with Crippen LogP contribution in [-0.4, -0.2) is 28.9 Å². The molecule has 2 rings (SSSR count). The zero-order valence-corrected chi connectivity index (χ0v) is 9.69. The molecule has 16 heavy (non-hydrogen) atoms. The van der Waals surface area contributed by atoms with E-state index in [1.807, 2.05) is 4.90 Å². The highest BCUT2D eigenvalue weighted by Crippen LogP contribution is 2.22. The van der Waals surface area contributed by atoms with Gasteiger partial charge in [-0.2, -0.15) is 0 Å². The first-order chi connectivity index (χ1) is 7.81. The van der Waals surface area contributed by atoms with E-state index in [0.29, 0.717) is 5.69 Å². The summed E-state index contributed by atoms with van der Waals surface area (Å²) >= 11 is 0. The molecule has 0 saturated carbocycles. The quantitative estimate of drug-likeness (QED) is 0.788. The van der Waals surface area contributed by atoms with Crippen molar-refractivity contribution in [3.63, 3.8) is 0 Å². The molecule has 4 nitrogen and oxygen atoms in total. The fourth-order valence-corrected chi connectivity index (χ4v) is 2.31. The number of oxazole rings is 1. The maximum Gasteiger partial charge on any atom is 0.275 e. The predicted octanol–water partition coefficient (Wildman–Crippen LogP) is 2.33. The van der Waals surface area contributed by atoms with Crippen molar-refractivity contribution in [2.24, 2.45) is 5.92 Å². The minimum absolute atomic E-state index is 0.00342. The highest BCUT2D eigenvalue weighted by atomic mass is 16.3. The van der Waals surface area contributed by atoms with E-state index in [0.717, 1.165) is 31.8 Å². The summed E-state index contributed by atoms with van der Waals surface area (Å²) in [5, 5.41) is 0. The maximum atomic E-state index is 11.9. The largest absolute Gasteiger partial charge is 0.451 e. The molecular weight excluding hydrogens is 204 g/mol. The van der Waals surface area contributed by atoms with Crippen molar-refractivity contribution in [3.05, 3.63) is 18.4 Å². The van der Waals surface area contributed by atoms with E-state index in [-0.39, 0.29) is 5.91 Å². The zero-order valence-electron chi connectivity index (χ0n) is 9.69. The van der Waals surface area contributed by atoms with Crippen molar-refractivity contribution in [1.82, 2.24) is 9.88 Å². The van der Waals surface area contributed by atoms with Gasteiger partial charge in [-0.25, -0.2) is 4.98 Å². The SMILES string of the molecule is CCCC1CCN(C(=O)c2cocn2)CC1. The Morgan fingerprint density at radius 1 is 1.56 bits per heavy atom. The number of hydrogen-bond acceptors (Lipinski definition) is 3. The number of nitrogens with zero attached hydrogens (tertiary/aromatic N) is 2. The normalized spacial score (nSPS) is 17.7. The van der Waals surface area contributed by atoms with Gasteiger partial charge in [0.1, 0.15) is 6.26 Å². The first kappa shape index (κ1) is 11.2. The second-order valence-electron chi connectivity index (χ2n) is 4.40. The van der Waals surface area contributed by atoms with Crippen molar-refractivity contribution < 1.29 is 9.21 Å². The molecule has 0 N–H and O–H groups in total. The molecule has 1 saturated heterocycles. The standard InChI is InChI=1S/C12H18N2O2/c1-2-3-10-4-6-14(7-5-10)12(15)11-8-16-9-13-11/h8-10H,2-7H2,1H3. The summed E-state index contributed by atoms with van der Waals surface area (Å²) in [6.45, 7) is 3.93. The number of rotatable bonds is 3. The monoisotopic (exact) mass is 222 g/mol. The van der Waals surface area contributed by atoms with Crippen LogP contribution < -0.4 is 0 Å². The molecule has 1 aliphatic rings. The van der Waals surface area contributed by atoms with Crippen LogP contribution in [0, 0.1) is 5.92 Å². The number of hydrogen-bond donors (Lipinski definition) is 0. The number of carbonyl (C=O) groups excluding carboxylic acids is 1. The lowest BCUT2D eigenvalue weighted by molar-refractivity contribution is 0.0680. The summed E-state index contributed by atoms with van der Waals surface area (Å²) in [7, 11) is 0. The summed E-state index contributed by atoms with van der Waals surface area (Å²) < 4.78 is 4.83. The van der Waals surface area contributed by atoms with Crippen molar-refractivity contribution in [2.75, 3.05) is 13.1 Å². The molecule has 1 fully saturated rings. The lowest BCUT2D eigenvalue weighted by Crippen LogP contribution is -2.38. The van der Waals surface area contributed by atoms with Gasteiger partial charge < -0.3 is 9.32 Å². The third kappa shape index (κ3) is 2.43. The topological polar surface area (TPSA) is 46.3 Å². The van der Waals surface area contributed by atoms with Gasteiger partial charge in [0.15, 0.2) is 12.1 Å². The van der Waals surface area contributed by atoms with Crippen LogP contribution in [0.4, 0.5) is 0 Å². The fraction of sp³-hybridized carbons (Fsp3) is 0.667. The average molecular weight is 222 g/mol. The first-order valence-electron chi connectivity index (χ1n) is 5.98. The van der Waals surface area contributed by atoms with E-state index in [2.05, 4.69) is 11.9 Å². The second-order valence-corrected chi connectivity index (χ2v) is 4.40. The molecule has 0 unspecified atom stereocenters. The smallest absolute Gasteiger partial charge is 0.275 e. The van der Waals surface area contributed by atoms with Gasteiger partial charge in [0.2, 0.25) is 0 Å². The maximum absolute atomic E-state index is 11.9. The molecule has 1 aliphatic heterocycles. The summed E-state index contributed by atoms with van der Waals surface area (Å²) in [5.41, 5.74) is 0.425. The van der Waals surface area contributed by atoms with Crippen molar-refractivity contribution >= 4 is 5.91 Å². The molecule has 4 heteroatoms. The lowest BCUT2D eigenvalue weighted by atomic mass is 9.92. The summed E-state index contributed by atoms with van der Waals surface area (Å²) in [6.07, 6.45) is 7.49. The first-order valence-corrected chi connectivity index (χ1v) is 5.98. The Balaban J connectivity index is 1.87. The van der Waals surface area contributed by atoms with Gasteiger partial charge in [0, 0.05) is 13.1 Å². The number of carbonyl (C=O) groups is 1. The molecule has 0 aliphatic carbocycles. The molecule has 0 atom stereocenters. The molecule has 0 radical (unpaired) electrons. The molecule has 88 valence electrons. The summed E-state index contributed by atoms with van der Waals surface area (Å²) in [5.74, 6) is 0.801. The van der Waals surface area contributed by atoms with Crippen LogP contribution in [0.2, 0.25) is 0 Å². The number of amides is 1. The Hall–Kier alpha value is -1.32. The Bertz CT molecular complexity index is 327. The predicted molar refractivity (Wildman–Crippen MR) is 60.0 cm³/mol. The van der Waals surface area contributed by atoms with E-state index >= 15 is 0 Å². The van der Waals surface area contributed by atoms with Crippen LogP contribution in [0.25, 0.3) is 0 Å². The van der Waals surface area contributed by atoms with Crippen LogP contribution >= 0.6 is 0 Å². The van der Waals surface area contributed by atoms with E-state index < -0.39 is 0 Å². The minimum Gasteiger partial charge on any atom is -0.451 e. The number of likely N-dealkylation sites (tertiary alicyclic amines) is 1. The van der Waals surface area contributed by atoms with E-state index in [1.165, 1.54) is 25.5 Å². The lowest BCUT2D eigenvalue weighted by Gasteiger charge is -2.31. The molecule has 0 bridgehead atoms. The van der Waals surface area contributed by atoms with Crippen molar-refractivity contribution in [1.29, 1.82) is 0 Å². The van der Waals surface area contributed by atoms with E-state index in [4.69, 9.17) is 4.42 Å². The summed E-state index contributed by atoms with van der Waals surface area (Å²) in [6, 6.07) is 0. The van der Waals surface area contributed by atoms with Crippen molar-refractivity contribution in [3.8, 4) is 0 Å². The second kappa shape index (κ2) is 5.14. The molecule has 0 aromatic carbocycles. The third-order valence-corrected chi connectivity index (χ3v) is 3.25. The Kier molecular flexibility index (Phi) is 3.59. The van der Waals surface area contributed by atoms with Gasteiger partial charge in [-0.05, 0) is 18.8 Å². The van der Waals surface area contributed by atoms with Gasteiger partial charge in [0.25, 0.3) is 5.91 Å². The summed E-state index contributed by atoms with van der Waals surface area (Å²) in [4.78, 5) is 17.7. The van der Waals surface area contributed by atoms with Gasteiger partial charge in [-0.3, -0.25) is 4.79 Å². The van der Waals surface area contributed by atoms with Crippen molar-refractivity contribution in [2.45, 2.75) is 32.6 Å². The highest BCUT2D eigenvalue weighted by molar-refractivity contribution is 5.91. The number of aromatic nitrogens is 1. The Morgan fingerprint density at radius 3 is 2.88 bits per heavy atom. The van der Waals surface area contributed by atoms with Gasteiger partial charge >= 0.3 is 0 Å². The molecule has 2 heterocycles. The zero-order chi connectivity index (χ0) is 11.4. The fourth-order valence-electron chi connectivity index (χ4n) is 2.31. The Labute approximate surface area is 95.6 Å².